The van der Waals surface area contributed by atoms with Crippen LogP contribution in [0.5, 0.6) is 0 Å². The summed E-state index contributed by atoms with van der Waals surface area (Å²) in [6.45, 7) is 4.30. The Labute approximate surface area is 120 Å². The van der Waals surface area contributed by atoms with Crippen molar-refractivity contribution in [3.63, 3.8) is 0 Å². The first-order valence-electron chi connectivity index (χ1n) is 7.10. The number of aliphatic hydroxyl groups is 1. The minimum Gasteiger partial charge on any atom is -0.394 e. The molecule has 0 radical (unpaired) electrons. The van der Waals surface area contributed by atoms with Gasteiger partial charge >= 0.3 is 0 Å². The summed E-state index contributed by atoms with van der Waals surface area (Å²) in [7, 11) is 0. The molecule has 3 nitrogen and oxygen atoms in total. The summed E-state index contributed by atoms with van der Waals surface area (Å²) in [4.78, 5) is 4.13. The third-order valence-electron chi connectivity index (χ3n) is 3.61. The van der Waals surface area contributed by atoms with E-state index in [1.54, 1.807) is 6.20 Å². The number of aryl methyl sites for hydroxylation is 1. The van der Waals surface area contributed by atoms with Gasteiger partial charge in [-0.1, -0.05) is 37.3 Å². The molecule has 2 rings (SSSR count). The highest BCUT2D eigenvalue weighted by Crippen LogP contribution is 2.19. The van der Waals surface area contributed by atoms with E-state index in [2.05, 4.69) is 48.4 Å². The molecule has 0 spiro atoms. The van der Waals surface area contributed by atoms with E-state index in [4.69, 9.17) is 0 Å². The number of hydrogen-bond acceptors (Lipinski definition) is 3. The summed E-state index contributed by atoms with van der Waals surface area (Å²) in [6, 6.07) is 12.5. The average Bonchev–Trinajstić information content (AvgIpc) is 2.53. The van der Waals surface area contributed by atoms with Gasteiger partial charge in [-0.05, 0) is 36.1 Å². The number of hydrogen-bond donors (Lipinski definition) is 2. The summed E-state index contributed by atoms with van der Waals surface area (Å²) < 4.78 is 0. The lowest BCUT2D eigenvalue weighted by Gasteiger charge is -2.22. The highest BCUT2D eigenvalue weighted by molar-refractivity contribution is 5.25. The lowest BCUT2D eigenvalue weighted by Crippen LogP contribution is -2.27. The van der Waals surface area contributed by atoms with Crippen molar-refractivity contribution in [3.8, 4) is 0 Å². The van der Waals surface area contributed by atoms with Crippen molar-refractivity contribution in [2.45, 2.75) is 32.4 Å². The predicted octanol–water partition coefficient (Wildman–Crippen LogP) is 3.03. The van der Waals surface area contributed by atoms with Crippen LogP contribution in [0, 0.1) is 0 Å². The Bertz CT molecular complexity index is 510. The molecule has 0 aliphatic rings. The molecule has 0 amide bonds. The second kappa shape index (κ2) is 7.17. The second-order valence-electron chi connectivity index (χ2n) is 5.01. The highest BCUT2D eigenvalue weighted by Gasteiger charge is 2.14. The van der Waals surface area contributed by atoms with Crippen LogP contribution < -0.4 is 5.32 Å². The molecule has 20 heavy (non-hydrogen) atoms. The number of benzene rings is 1. The normalized spacial score (nSPS) is 13.9. The summed E-state index contributed by atoms with van der Waals surface area (Å²) in [5, 5.41) is 13.1. The number of aliphatic hydroxyl groups excluding tert-OH is 1. The van der Waals surface area contributed by atoms with Gasteiger partial charge in [0.15, 0.2) is 0 Å². The van der Waals surface area contributed by atoms with E-state index in [1.165, 1.54) is 5.56 Å². The number of rotatable bonds is 6. The molecule has 2 N–H and O–H groups in total. The molecule has 0 saturated carbocycles. The van der Waals surface area contributed by atoms with Crippen LogP contribution in [-0.2, 0) is 6.42 Å². The topological polar surface area (TPSA) is 45.1 Å². The molecule has 106 valence electrons. The van der Waals surface area contributed by atoms with Crippen molar-refractivity contribution in [1.82, 2.24) is 10.3 Å². The largest absolute Gasteiger partial charge is 0.394 e. The fourth-order valence-corrected chi connectivity index (χ4v) is 2.27. The van der Waals surface area contributed by atoms with Gasteiger partial charge in [0.2, 0.25) is 0 Å². The maximum atomic E-state index is 9.62. The molecule has 0 aliphatic heterocycles. The van der Waals surface area contributed by atoms with Crippen molar-refractivity contribution in [1.29, 1.82) is 0 Å². The zero-order valence-corrected chi connectivity index (χ0v) is 12.1. The van der Waals surface area contributed by atoms with Crippen molar-refractivity contribution in [3.05, 3.63) is 65.5 Å². The minimum absolute atomic E-state index is 0.0592. The third-order valence-corrected chi connectivity index (χ3v) is 3.61. The van der Waals surface area contributed by atoms with Gasteiger partial charge in [-0.2, -0.15) is 0 Å². The first-order chi connectivity index (χ1) is 9.74. The van der Waals surface area contributed by atoms with E-state index in [9.17, 15) is 5.11 Å². The van der Waals surface area contributed by atoms with E-state index in [-0.39, 0.29) is 18.7 Å². The van der Waals surface area contributed by atoms with Crippen LogP contribution in [0.2, 0.25) is 0 Å². The zero-order valence-electron chi connectivity index (χ0n) is 12.1. The summed E-state index contributed by atoms with van der Waals surface area (Å²) in [5.74, 6) is 0. The maximum absolute atomic E-state index is 9.62. The van der Waals surface area contributed by atoms with Crippen molar-refractivity contribution in [2.24, 2.45) is 0 Å². The Balaban J connectivity index is 2.08. The molecule has 0 aliphatic carbocycles. The molecule has 2 aromatic rings. The summed E-state index contributed by atoms with van der Waals surface area (Å²) in [5.41, 5.74) is 3.54. The molecule has 1 heterocycles. The first kappa shape index (κ1) is 14.7. The Kier molecular flexibility index (Phi) is 5.27. The van der Waals surface area contributed by atoms with E-state index < -0.39 is 0 Å². The molecular formula is C17H22N2O. The standard InChI is InChI=1S/C17H22N2O/c1-3-14-6-8-15(9-7-14)17(12-20)19-13(2)16-5-4-10-18-11-16/h4-11,13,17,19-20H,3,12H2,1-2H3. The SMILES string of the molecule is CCc1ccc(C(CO)NC(C)c2cccnc2)cc1. The Morgan fingerprint density at radius 3 is 2.45 bits per heavy atom. The van der Waals surface area contributed by atoms with Gasteiger partial charge < -0.3 is 10.4 Å². The van der Waals surface area contributed by atoms with Crippen LogP contribution >= 0.6 is 0 Å². The number of nitrogens with one attached hydrogen (secondary N) is 1. The van der Waals surface area contributed by atoms with Gasteiger partial charge in [0.25, 0.3) is 0 Å². The fraction of sp³-hybridized carbons (Fsp3) is 0.353. The van der Waals surface area contributed by atoms with Gasteiger partial charge in [-0.15, -0.1) is 0 Å². The van der Waals surface area contributed by atoms with Crippen LogP contribution in [0.15, 0.2) is 48.8 Å². The quantitative estimate of drug-likeness (QED) is 0.848. The molecule has 3 heteroatoms. The lowest BCUT2D eigenvalue weighted by atomic mass is 10.0. The monoisotopic (exact) mass is 270 g/mol. The zero-order chi connectivity index (χ0) is 14.4. The van der Waals surface area contributed by atoms with Crippen LogP contribution in [0.4, 0.5) is 0 Å². The fourth-order valence-electron chi connectivity index (χ4n) is 2.27. The lowest BCUT2D eigenvalue weighted by molar-refractivity contribution is 0.235. The molecule has 1 aromatic heterocycles. The second-order valence-corrected chi connectivity index (χ2v) is 5.01. The Hall–Kier alpha value is -1.71. The van der Waals surface area contributed by atoms with Crippen LogP contribution in [-0.4, -0.2) is 16.7 Å². The number of aromatic nitrogens is 1. The van der Waals surface area contributed by atoms with Crippen LogP contribution in [0.25, 0.3) is 0 Å². The van der Waals surface area contributed by atoms with E-state index >= 15 is 0 Å². The van der Waals surface area contributed by atoms with Crippen LogP contribution in [0.3, 0.4) is 0 Å². The number of nitrogens with zero attached hydrogens (tertiary/aromatic N) is 1. The van der Waals surface area contributed by atoms with E-state index in [1.807, 2.05) is 18.3 Å². The molecule has 0 fully saturated rings. The van der Waals surface area contributed by atoms with Gasteiger partial charge in [0.1, 0.15) is 0 Å². The van der Waals surface area contributed by atoms with E-state index in [0.29, 0.717) is 0 Å². The van der Waals surface area contributed by atoms with Crippen molar-refractivity contribution < 1.29 is 5.11 Å². The summed E-state index contributed by atoms with van der Waals surface area (Å²) in [6.07, 6.45) is 4.65. The minimum atomic E-state index is -0.0592. The van der Waals surface area contributed by atoms with Gasteiger partial charge in [0.05, 0.1) is 12.6 Å². The van der Waals surface area contributed by atoms with Crippen molar-refractivity contribution >= 4 is 0 Å². The smallest absolute Gasteiger partial charge is 0.0626 e. The highest BCUT2D eigenvalue weighted by atomic mass is 16.3. The molecule has 0 saturated heterocycles. The number of pyridine rings is 1. The van der Waals surface area contributed by atoms with E-state index in [0.717, 1.165) is 17.5 Å². The maximum Gasteiger partial charge on any atom is 0.0626 e. The molecule has 2 atom stereocenters. The Morgan fingerprint density at radius 1 is 1.15 bits per heavy atom. The van der Waals surface area contributed by atoms with Gasteiger partial charge in [0, 0.05) is 18.4 Å². The molecule has 1 aromatic carbocycles. The van der Waals surface area contributed by atoms with Gasteiger partial charge in [-0.3, -0.25) is 4.98 Å². The van der Waals surface area contributed by atoms with Crippen LogP contribution in [0.1, 0.15) is 42.6 Å². The first-order valence-corrected chi connectivity index (χ1v) is 7.10. The predicted molar refractivity (Wildman–Crippen MR) is 81.4 cm³/mol. The molecule has 0 bridgehead atoms. The Morgan fingerprint density at radius 2 is 1.90 bits per heavy atom. The van der Waals surface area contributed by atoms with Gasteiger partial charge in [-0.25, -0.2) is 0 Å². The third kappa shape index (κ3) is 3.65. The van der Waals surface area contributed by atoms with Crippen molar-refractivity contribution in [2.75, 3.05) is 6.61 Å². The average molecular weight is 270 g/mol. The summed E-state index contributed by atoms with van der Waals surface area (Å²) >= 11 is 0. The molecular weight excluding hydrogens is 248 g/mol. The molecule has 2 unspecified atom stereocenters.